The number of fused-ring (bicyclic) bond motifs is 8. The summed E-state index contributed by atoms with van der Waals surface area (Å²) in [6, 6.07) is 30.1. The average Bonchev–Trinajstić information content (AvgIpc) is 3.92. The normalized spacial score (nSPS) is 16.5. The maximum atomic E-state index is 13.9. The van der Waals surface area contributed by atoms with E-state index < -0.39 is 17.7 Å². The maximum absolute atomic E-state index is 13.9. The van der Waals surface area contributed by atoms with Gasteiger partial charge in [-0.2, -0.15) is 0 Å². The Morgan fingerprint density at radius 2 is 1.25 bits per heavy atom. The van der Waals surface area contributed by atoms with Gasteiger partial charge < -0.3 is 34.5 Å². The second-order valence-corrected chi connectivity index (χ2v) is 16.6. The molecule has 0 fully saturated rings. The number of aromatic nitrogens is 1. The average molecular weight is 873 g/mol. The fourth-order valence-corrected chi connectivity index (χ4v) is 8.93. The number of carbonyl (C=O) groups is 3. The van der Waals surface area contributed by atoms with Crippen molar-refractivity contribution in [3.8, 4) is 29.0 Å². The molecule has 0 unspecified atom stereocenters. The van der Waals surface area contributed by atoms with Gasteiger partial charge >= 0.3 is 5.97 Å². The molecular formula is C50H44N6O9. The molecule has 4 aliphatic heterocycles. The summed E-state index contributed by atoms with van der Waals surface area (Å²) < 4.78 is 13.4. The Kier molecular flexibility index (Phi) is 10.4. The molecule has 10 rings (SSSR count). The zero-order valence-electron chi connectivity index (χ0n) is 35.5. The van der Waals surface area contributed by atoms with Gasteiger partial charge in [0.15, 0.2) is 11.5 Å². The minimum Gasteiger partial charge on any atom is -0.504 e. The summed E-state index contributed by atoms with van der Waals surface area (Å²) in [5.41, 5.74) is 8.69. The highest BCUT2D eigenvalue weighted by Crippen LogP contribution is 2.42. The summed E-state index contributed by atoms with van der Waals surface area (Å²) in [7, 11) is 1.88. The van der Waals surface area contributed by atoms with E-state index in [0.717, 1.165) is 44.9 Å². The molecule has 0 saturated carbocycles. The van der Waals surface area contributed by atoms with Crippen LogP contribution < -0.4 is 29.0 Å². The zero-order valence-corrected chi connectivity index (χ0v) is 35.5. The highest BCUT2D eigenvalue weighted by atomic mass is 16.7. The number of amides is 2. The number of rotatable bonds is 12. The molecule has 15 nitrogen and oxygen atoms in total. The van der Waals surface area contributed by atoms with E-state index in [0.29, 0.717) is 53.2 Å². The van der Waals surface area contributed by atoms with Gasteiger partial charge in [-0.3, -0.25) is 29.4 Å². The summed E-state index contributed by atoms with van der Waals surface area (Å²) >= 11 is 0. The monoisotopic (exact) mass is 872 g/mol. The fourth-order valence-electron chi connectivity index (χ4n) is 8.93. The summed E-state index contributed by atoms with van der Waals surface area (Å²) in [4.78, 5) is 60.4. The van der Waals surface area contributed by atoms with Crippen molar-refractivity contribution in [2.24, 2.45) is 9.98 Å². The molecule has 2 atom stereocenters. The molecule has 5 heterocycles. The predicted molar refractivity (Wildman–Crippen MR) is 244 cm³/mol. The topological polar surface area (TPSA) is 179 Å². The van der Waals surface area contributed by atoms with Crippen LogP contribution in [0.2, 0.25) is 0 Å². The van der Waals surface area contributed by atoms with E-state index in [1.54, 1.807) is 23.2 Å². The van der Waals surface area contributed by atoms with Crippen LogP contribution in [-0.4, -0.2) is 75.9 Å². The number of carbonyl (C=O) groups excluding carboxylic acids is 3. The standard InChI is InChI=1S/C50H44N6O9/c1-29-16-37-39(51-25-35-20-32-8-3-5-10-41(32)54(35)49(37)61)23-44(29)63-27-30-17-31(19-34(18-30)53(2)15-7-12-48(60)65-56-46(58)13-14-47(56)59)28-64-45-24-40-38(22-43(45)57)50(62)55-36(26-52-40)21-33-9-4-6-11-42(33)55/h3-6,8-11,13-14,16-19,22-26,35-36,57-59H,7,12,15,20-21,27-28H2,1-2H3/t35-,36-/m0/s1. The SMILES string of the molecule is Cc1cc2c(cc1OCc1cc(COc3cc4c(cc3O)C(=O)N3c5ccccc5C[C@H]3C=N4)cc(N(C)CCCC(=O)On3c(O)ccc3O)c1)N=C[C@@H]1Cc3ccccc3N1C2=O. The highest BCUT2D eigenvalue weighted by Gasteiger charge is 2.38. The highest BCUT2D eigenvalue weighted by molar-refractivity contribution is 6.15. The number of hydrogen-bond acceptors (Lipinski definition) is 12. The quantitative estimate of drug-likeness (QED) is 0.111. The van der Waals surface area contributed by atoms with Gasteiger partial charge in [-0.05, 0) is 83.6 Å². The van der Waals surface area contributed by atoms with Crippen molar-refractivity contribution >= 4 is 58.6 Å². The van der Waals surface area contributed by atoms with Crippen molar-refractivity contribution in [1.82, 2.24) is 4.73 Å². The number of phenols is 1. The van der Waals surface area contributed by atoms with Gasteiger partial charge in [0.05, 0.1) is 34.6 Å². The summed E-state index contributed by atoms with van der Waals surface area (Å²) in [5.74, 6) is -1.27. The number of aliphatic imine (C=N–C) groups is 2. The molecule has 2 amide bonds. The Hall–Kier alpha value is -8.07. The van der Waals surface area contributed by atoms with E-state index in [2.05, 4.69) is 4.99 Å². The Balaban J connectivity index is 0.881. The molecule has 0 bridgehead atoms. The molecule has 3 N–H and O–H groups in total. The first-order chi connectivity index (χ1) is 31.5. The zero-order chi connectivity index (χ0) is 44.9. The third kappa shape index (κ3) is 7.74. The maximum Gasteiger partial charge on any atom is 0.333 e. The van der Waals surface area contributed by atoms with E-state index in [-0.39, 0.29) is 60.6 Å². The molecule has 328 valence electrons. The first-order valence-electron chi connectivity index (χ1n) is 21.3. The van der Waals surface area contributed by atoms with Crippen LogP contribution in [0.4, 0.5) is 28.4 Å². The van der Waals surface area contributed by atoms with Gasteiger partial charge in [0, 0.05) is 86.6 Å². The molecule has 0 aliphatic carbocycles. The summed E-state index contributed by atoms with van der Waals surface area (Å²) in [6.07, 6.45) is 5.32. The van der Waals surface area contributed by atoms with Crippen molar-refractivity contribution in [3.63, 3.8) is 0 Å². The molecule has 5 aromatic carbocycles. The van der Waals surface area contributed by atoms with Crippen LogP contribution in [0.15, 0.2) is 113 Å². The fraction of sp³-hybridized carbons (Fsp3) is 0.220. The molecule has 0 saturated heterocycles. The van der Waals surface area contributed by atoms with Crippen molar-refractivity contribution in [1.29, 1.82) is 0 Å². The van der Waals surface area contributed by atoms with Crippen LogP contribution in [0.1, 0.15) is 61.4 Å². The van der Waals surface area contributed by atoms with E-state index in [9.17, 15) is 29.7 Å². The number of benzene rings is 5. The molecular weight excluding hydrogens is 829 g/mol. The summed E-state index contributed by atoms with van der Waals surface area (Å²) in [6.45, 7) is 2.51. The molecule has 0 spiro atoms. The minimum absolute atomic E-state index is 0.00138. The largest absolute Gasteiger partial charge is 0.504 e. The first kappa shape index (κ1) is 41.0. The van der Waals surface area contributed by atoms with E-state index in [4.69, 9.17) is 19.3 Å². The lowest BCUT2D eigenvalue weighted by molar-refractivity contribution is -0.145. The molecule has 6 aromatic rings. The van der Waals surface area contributed by atoms with Crippen LogP contribution in [0.3, 0.4) is 0 Å². The third-order valence-corrected chi connectivity index (χ3v) is 12.2. The van der Waals surface area contributed by atoms with Crippen LogP contribution >= 0.6 is 0 Å². The Morgan fingerprint density at radius 1 is 0.708 bits per heavy atom. The Morgan fingerprint density at radius 3 is 1.85 bits per heavy atom. The van der Waals surface area contributed by atoms with Crippen molar-refractivity contribution in [2.75, 3.05) is 28.3 Å². The Labute approximate surface area is 373 Å². The number of aryl methyl sites for hydroxylation is 1. The molecule has 0 radical (unpaired) electrons. The number of hydrogen-bond donors (Lipinski definition) is 3. The number of nitrogens with zero attached hydrogens (tertiary/aromatic N) is 6. The molecule has 15 heteroatoms. The minimum atomic E-state index is -0.638. The van der Waals surface area contributed by atoms with Gasteiger partial charge in [-0.25, -0.2) is 4.79 Å². The number of phenolic OH excluding ortho intramolecular Hbond substituents is 1. The van der Waals surface area contributed by atoms with Crippen molar-refractivity contribution in [2.45, 2.75) is 57.9 Å². The van der Waals surface area contributed by atoms with Gasteiger partial charge in [-0.15, -0.1) is 4.73 Å². The molecule has 4 aliphatic rings. The number of para-hydroxylation sites is 2. The van der Waals surface area contributed by atoms with Gasteiger partial charge in [0.2, 0.25) is 11.8 Å². The van der Waals surface area contributed by atoms with Crippen LogP contribution in [-0.2, 0) is 30.8 Å². The van der Waals surface area contributed by atoms with E-state index in [1.165, 1.54) is 18.2 Å². The Bertz CT molecular complexity index is 2800. The molecule has 65 heavy (non-hydrogen) atoms. The van der Waals surface area contributed by atoms with Crippen LogP contribution in [0, 0.1) is 6.92 Å². The number of ether oxygens (including phenoxy) is 2. The lowest BCUT2D eigenvalue weighted by atomic mass is 10.1. The smallest absolute Gasteiger partial charge is 0.333 e. The van der Waals surface area contributed by atoms with Crippen LogP contribution in [0.25, 0.3) is 0 Å². The lowest BCUT2D eigenvalue weighted by Gasteiger charge is -2.22. The molecule has 1 aromatic heterocycles. The van der Waals surface area contributed by atoms with Crippen LogP contribution in [0.5, 0.6) is 29.0 Å². The van der Waals surface area contributed by atoms with Crippen molar-refractivity contribution < 1.29 is 44.0 Å². The first-order valence-corrected chi connectivity index (χ1v) is 21.3. The summed E-state index contributed by atoms with van der Waals surface area (Å²) in [5, 5.41) is 30.9. The number of aromatic hydroxyl groups is 3. The van der Waals surface area contributed by atoms with Gasteiger partial charge in [0.25, 0.3) is 11.8 Å². The van der Waals surface area contributed by atoms with E-state index in [1.807, 2.05) is 103 Å². The lowest BCUT2D eigenvalue weighted by Crippen LogP contribution is -2.37. The van der Waals surface area contributed by atoms with Gasteiger partial charge in [0.1, 0.15) is 19.0 Å². The number of anilines is 3. The van der Waals surface area contributed by atoms with E-state index >= 15 is 0 Å². The third-order valence-electron chi connectivity index (χ3n) is 12.2. The van der Waals surface area contributed by atoms with Gasteiger partial charge in [-0.1, -0.05) is 36.4 Å². The van der Waals surface area contributed by atoms with Crippen molar-refractivity contribution in [3.05, 3.63) is 142 Å². The predicted octanol–water partition coefficient (Wildman–Crippen LogP) is 7.52. The second kappa shape index (κ2) is 16.6. The second-order valence-electron chi connectivity index (χ2n) is 16.6.